The van der Waals surface area contributed by atoms with E-state index in [9.17, 15) is 9.59 Å². The summed E-state index contributed by atoms with van der Waals surface area (Å²) < 4.78 is 9.59. The number of carbonyl (C=O) groups excluding carboxylic acids is 2. The highest BCUT2D eigenvalue weighted by atomic mass is 32.2. The Hall–Kier alpha value is -1.49. The van der Waals surface area contributed by atoms with Gasteiger partial charge in [0.2, 0.25) is 0 Å². The van der Waals surface area contributed by atoms with E-state index in [1.54, 1.807) is 13.0 Å². The highest BCUT2D eigenvalue weighted by molar-refractivity contribution is 7.98. The number of hydrogen-bond acceptors (Lipinski definition) is 5. The number of ether oxygens (including phenoxy) is 2. The summed E-state index contributed by atoms with van der Waals surface area (Å²) in [5.74, 6) is -0.699. The molecule has 0 spiro atoms. The maximum atomic E-state index is 11.6. The minimum absolute atomic E-state index is 0.159. The van der Waals surface area contributed by atoms with Crippen molar-refractivity contribution >= 4 is 23.7 Å². The van der Waals surface area contributed by atoms with Crippen LogP contribution in [0.5, 0.6) is 0 Å². The summed E-state index contributed by atoms with van der Waals surface area (Å²) in [6.45, 7) is 2.11. The molecule has 0 N–H and O–H groups in total. The largest absolute Gasteiger partial charge is 0.466 e. The van der Waals surface area contributed by atoms with Gasteiger partial charge >= 0.3 is 11.9 Å². The summed E-state index contributed by atoms with van der Waals surface area (Å²) in [4.78, 5) is 23.8. The SMILES string of the molecule is CCOC(=O)Cc1ccc(SC)c(C(=O)OC)c1. The highest BCUT2D eigenvalue weighted by Crippen LogP contribution is 2.22. The summed E-state index contributed by atoms with van der Waals surface area (Å²) in [7, 11) is 1.34. The fourth-order valence-corrected chi connectivity index (χ4v) is 2.08. The standard InChI is InChI=1S/C13H16O4S/c1-4-17-12(14)8-9-5-6-11(18-3)10(7-9)13(15)16-2/h5-7H,4,8H2,1-3H3. The van der Waals surface area contributed by atoms with E-state index in [0.717, 1.165) is 10.5 Å². The smallest absolute Gasteiger partial charge is 0.339 e. The van der Waals surface area contributed by atoms with Crippen molar-refractivity contribution in [3.63, 3.8) is 0 Å². The van der Waals surface area contributed by atoms with E-state index >= 15 is 0 Å². The quantitative estimate of drug-likeness (QED) is 0.606. The molecule has 1 aromatic carbocycles. The van der Waals surface area contributed by atoms with Gasteiger partial charge in [-0.2, -0.15) is 0 Å². The lowest BCUT2D eigenvalue weighted by Gasteiger charge is -2.08. The van der Waals surface area contributed by atoms with E-state index in [1.165, 1.54) is 18.9 Å². The third-order valence-electron chi connectivity index (χ3n) is 2.32. The van der Waals surface area contributed by atoms with Crippen molar-refractivity contribution in [3.05, 3.63) is 29.3 Å². The van der Waals surface area contributed by atoms with Crippen LogP contribution in [0, 0.1) is 0 Å². The molecule has 0 radical (unpaired) electrons. The molecule has 1 rings (SSSR count). The van der Waals surface area contributed by atoms with Crippen LogP contribution in [0.1, 0.15) is 22.8 Å². The molecule has 0 unspecified atom stereocenters. The Morgan fingerprint density at radius 3 is 2.61 bits per heavy atom. The summed E-state index contributed by atoms with van der Waals surface area (Å²) in [5, 5.41) is 0. The average molecular weight is 268 g/mol. The van der Waals surface area contributed by atoms with Crippen molar-refractivity contribution in [2.45, 2.75) is 18.2 Å². The lowest BCUT2D eigenvalue weighted by molar-refractivity contribution is -0.142. The van der Waals surface area contributed by atoms with Gasteiger partial charge in [-0.1, -0.05) is 6.07 Å². The van der Waals surface area contributed by atoms with Crippen molar-refractivity contribution in [1.29, 1.82) is 0 Å². The van der Waals surface area contributed by atoms with E-state index in [1.807, 2.05) is 18.4 Å². The molecular weight excluding hydrogens is 252 g/mol. The molecule has 0 bridgehead atoms. The molecule has 0 atom stereocenters. The monoisotopic (exact) mass is 268 g/mol. The number of benzene rings is 1. The molecule has 0 aliphatic heterocycles. The van der Waals surface area contributed by atoms with Crippen LogP contribution in [0.3, 0.4) is 0 Å². The summed E-state index contributed by atoms with van der Waals surface area (Å²) >= 11 is 1.46. The molecule has 0 fully saturated rings. The predicted molar refractivity (Wildman–Crippen MR) is 69.9 cm³/mol. The Labute approximate surface area is 111 Å². The zero-order chi connectivity index (χ0) is 13.5. The van der Waals surface area contributed by atoms with Crippen molar-refractivity contribution in [2.75, 3.05) is 20.0 Å². The number of esters is 2. The number of thioether (sulfide) groups is 1. The van der Waals surface area contributed by atoms with Crippen molar-refractivity contribution in [3.8, 4) is 0 Å². The van der Waals surface area contributed by atoms with Crippen LogP contribution in [0.25, 0.3) is 0 Å². The number of hydrogen-bond donors (Lipinski definition) is 0. The van der Waals surface area contributed by atoms with Crippen LogP contribution in [0.4, 0.5) is 0 Å². The van der Waals surface area contributed by atoms with E-state index in [-0.39, 0.29) is 12.4 Å². The first-order valence-corrected chi connectivity index (χ1v) is 6.75. The molecule has 5 heteroatoms. The van der Waals surface area contributed by atoms with E-state index in [0.29, 0.717) is 12.2 Å². The third kappa shape index (κ3) is 3.77. The third-order valence-corrected chi connectivity index (χ3v) is 3.12. The zero-order valence-electron chi connectivity index (χ0n) is 10.7. The normalized spacial score (nSPS) is 9.94. The van der Waals surface area contributed by atoms with E-state index in [4.69, 9.17) is 9.47 Å². The van der Waals surface area contributed by atoms with Crippen LogP contribution in [-0.2, 0) is 20.7 Å². The Kier molecular flexibility index (Phi) is 5.71. The van der Waals surface area contributed by atoms with Crippen molar-refractivity contribution in [1.82, 2.24) is 0 Å². The van der Waals surface area contributed by atoms with Crippen LogP contribution >= 0.6 is 11.8 Å². The molecule has 1 aromatic rings. The Morgan fingerprint density at radius 1 is 1.33 bits per heavy atom. The molecule has 0 aliphatic carbocycles. The van der Waals surface area contributed by atoms with Gasteiger partial charge in [0.25, 0.3) is 0 Å². The van der Waals surface area contributed by atoms with Crippen molar-refractivity contribution in [2.24, 2.45) is 0 Å². The molecule has 4 nitrogen and oxygen atoms in total. The fourth-order valence-electron chi connectivity index (χ4n) is 1.51. The summed E-state index contributed by atoms with van der Waals surface area (Å²) in [6.07, 6.45) is 2.04. The predicted octanol–water partition coefficient (Wildman–Crippen LogP) is 2.30. The van der Waals surface area contributed by atoms with Crippen LogP contribution < -0.4 is 0 Å². The molecule has 18 heavy (non-hydrogen) atoms. The fraction of sp³-hybridized carbons (Fsp3) is 0.385. The van der Waals surface area contributed by atoms with Gasteiger partial charge in [-0.15, -0.1) is 11.8 Å². The molecule has 0 amide bonds. The molecule has 0 heterocycles. The number of carbonyl (C=O) groups is 2. The molecule has 0 aromatic heterocycles. The van der Waals surface area contributed by atoms with Gasteiger partial charge in [0.15, 0.2) is 0 Å². The minimum Gasteiger partial charge on any atom is -0.466 e. The molecule has 0 saturated heterocycles. The molecular formula is C13H16O4S. The van der Waals surface area contributed by atoms with Gasteiger partial charge in [0.1, 0.15) is 0 Å². The van der Waals surface area contributed by atoms with E-state index < -0.39 is 5.97 Å². The number of methoxy groups -OCH3 is 1. The summed E-state index contributed by atoms with van der Waals surface area (Å²) in [5.41, 5.74) is 1.22. The lowest BCUT2D eigenvalue weighted by Crippen LogP contribution is -2.09. The molecule has 98 valence electrons. The lowest BCUT2D eigenvalue weighted by atomic mass is 10.1. The molecule has 0 aliphatic rings. The second kappa shape index (κ2) is 7.06. The van der Waals surface area contributed by atoms with Crippen LogP contribution in [0.2, 0.25) is 0 Å². The van der Waals surface area contributed by atoms with Crippen LogP contribution in [-0.4, -0.2) is 31.9 Å². The van der Waals surface area contributed by atoms with Gasteiger partial charge < -0.3 is 9.47 Å². The number of rotatable bonds is 5. The van der Waals surface area contributed by atoms with Gasteiger partial charge in [0.05, 0.1) is 25.7 Å². The second-order valence-corrected chi connectivity index (χ2v) is 4.36. The zero-order valence-corrected chi connectivity index (χ0v) is 11.5. The average Bonchev–Trinajstić information content (AvgIpc) is 2.38. The highest BCUT2D eigenvalue weighted by Gasteiger charge is 2.13. The second-order valence-electron chi connectivity index (χ2n) is 3.51. The maximum absolute atomic E-state index is 11.6. The summed E-state index contributed by atoms with van der Waals surface area (Å²) in [6, 6.07) is 5.30. The van der Waals surface area contributed by atoms with Gasteiger partial charge in [-0.05, 0) is 30.9 Å². The molecule has 0 saturated carbocycles. The van der Waals surface area contributed by atoms with Gasteiger partial charge in [-0.3, -0.25) is 4.79 Å². The first-order chi connectivity index (χ1) is 8.62. The van der Waals surface area contributed by atoms with Crippen LogP contribution in [0.15, 0.2) is 23.1 Å². The van der Waals surface area contributed by atoms with Gasteiger partial charge in [-0.25, -0.2) is 4.79 Å². The van der Waals surface area contributed by atoms with E-state index in [2.05, 4.69) is 0 Å². The Balaban J connectivity index is 2.95. The Morgan fingerprint density at radius 2 is 2.06 bits per heavy atom. The minimum atomic E-state index is -0.398. The first-order valence-electron chi connectivity index (χ1n) is 5.53. The topological polar surface area (TPSA) is 52.6 Å². The van der Waals surface area contributed by atoms with Crippen molar-refractivity contribution < 1.29 is 19.1 Å². The van der Waals surface area contributed by atoms with Gasteiger partial charge in [0, 0.05) is 4.90 Å². The Bertz CT molecular complexity index is 443. The first kappa shape index (κ1) is 14.6. The maximum Gasteiger partial charge on any atom is 0.339 e.